The van der Waals surface area contributed by atoms with Gasteiger partial charge in [-0.25, -0.2) is 9.50 Å². The Kier molecular flexibility index (Phi) is 5.58. The minimum Gasteiger partial charge on any atom is -0.369 e. The molecule has 7 nitrogen and oxygen atoms in total. The number of piperazine rings is 1. The third-order valence-electron chi connectivity index (χ3n) is 6.08. The van der Waals surface area contributed by atoms with Crippen molar-refractivity contribution in [1.82, 2.24) is 24.9 Å². The second kappa shape index (κ2) is 8.69. The SMILES string of the molecule is Cl.O=c1cc(-c2cnn3cc(-c4ccc(N5CCNCC5)cc4)cnc23)c2ccccc2[nH]1. The number of nitrogens with zero attached hydrogens (tertiary/aromatic N) is 4. The minimum absolute atomic E-state index is 0. The van der Waals surface area contributed by atoms with Crippen LogP contribution in [0.25, 0.3) is 38.8 Å². The zero-order valence-corrected chi connectivity index (χ0v) is 18.7. The lowest BCUT2D eigenvalue weighted by molar-refractivity contribution is 0.589. The number of rotatable bonds is 3. The van der Waals surface area contributed by atoms with Gasteiger partial charge in [0.2, 0.25) is 5.56 Å². The first-order chi connectivity index (χ1) is 15.8. The van der Waals surface area contributed by atoms with Crippen LogP contribution < -0.4 is 15.8 Å². The molecule has 0 saturated carbocycles. The Morgan fingerprint density at radius 2 is 1.67 bits per heavy atom. The zero-order chi connectivity index (χ0) is 21.5. The van der Waals surface area contributed by atoms with Gasteiger partial charge in [0.1, 0.15) is 0 Å². The molecule has 0 spiro atoms. The van der Waals surface area contributed by atoms with Gasteiger partial charge in [-0.3, -0.25) is 4.79 Å². The van der Waals surface area contributed by atoms with Crippen molar-refractivity contribution in [3.8, 4) is 22.3 Å². The number of benzene rings is 2. The fraction of sp³-hybridized carbons (Fsp3) is 0.160. The van der Waals surface area contributed by atoms with Crippen molar-refractivity contribution in [2.45, 2.75) is 0 Å². The number of aromatic amines is 1. The van der Waals surface area contributed by atoms with Gasteiger partial charge in [-0.1, -0.05) is 30.3 Å². The van der Waals surface area contributed by atoms with E-state index in [2.05, 4.69) is 44.6 Å². The number of anilines is 1. The van der Waals surface area contributed by atoms with E-state index in [0.717, 1.165) is 65.0 Å². The summed E-state index contributed by atoms with van der Waals surface area (Å²) in [6.07, 6.45) is 5.64. The summed E-state index contributed by atoms with van der Waals surface area (Å²) in [7, 11) is 0. The van der Waals surface area contributed by atoms with Gasteiger partial charge in [0, 0.05) is 77.9 Å². The third-order valence-corrected chi connectivity index (χ3v) is 6.08. The Hall–Kier alpha value is -3.68. The highest BCUT2D eigenvalue weighted by molar-refractivity contribution is 5.97. The van der Waals surface area contributed by atoms with E-state index in [9.17, 15) is 4.79 Å². The predicted octanol–water partition coefficient (Wildman–Crippen LogP) is 3.74. The molecular weight excluding hydrogens is 436 g/mol. The van der Waals surface area contributed by atoms with Crippen LogP contribution in [0.2, 0.25) is 0 Å². The molecule has 5 aromatic rings. The van der Waals surface area contributed by atoms with Crippen LogP contribution in [-0.4, -0.2) is 45.8 Å². The van der Waals surface area contributed by atoms with Crippen LogP contribution in [0.3, 0.4) is 0 Å². The maximum absolute atomic E-state index is 12.2. The van der Waals surface area contributed by atoms with Gasteiger partial charge in [-0.05, 0) is 23.8 Å². The summed E-state index contributed by atoms with van der Waals surface area (Å²) in [6.45, 7) is 4.10. The van der Waals surface area contributed by atoms with Crippen molar-refractivity contribution in [3.05, 3.63) is 83.5 Å². The maximum atomic E-state index is 12.2. The number of fused-ring (bicyclic) bond motifs is 2. The minimum atomic E-state index is -0.140. The molecule has 3 aromatic heterocycles. The first-order valence-electron chi connectivity index (χ1n) is 10.8. The average Bonchev–Trinajstić information content (AvgIpc) is 3.27. The van der Waals surface area contributed by atoms with E-state index in [-0.39, 0.29) is 18.0 Å². The van der Waals surface area contributed by atoms with Crippen LogP contribution in [0.1, 0.15) is 0 Å². The molecule has 0 unspecified atom stereocenters. The van der Waals surface area contributed by atoms with Gasteiger partial charge in [0.25, 0.3) is 0 Å². The lowest BCUT2D eigenvalue weighted by Crippen LogP contribution is -2.43. The summed E-state index contributed by atoms with van der Waals surface area (Å²) in [5, 5.41) is 8.89. The second-order valence-corrected chi connectivity index (χ2v) is 8.05. The molecule has 8 heteroatoms. The van der Waals surface area contributed by atoms with Crippen molar-refractivity contribution >= 4 is 34.6 Å². The molecule has 0 atom stereocenters. The number of aromatic nitrogens is 4. The summed E-state index contributed by atoms with van der Waals surface area (Å²) in [5.74, 6) is 0. The zero-order valence-electron chi connectivity index (χ0n) is 17.9. The van der Waals surface area contributed by atoms with Gasteiger partial charge < -0.3 is 15.2 Å². The van der Waals surface area contributed by atoms with Crippen LogP contribution >= 0.6 is 12.4 Å². The molecule has 1 saturated heterocycles. The predicted molar refractivity (Wildman–Crippen MR) is 134 cm³/mol. The van der Waals surface area contributed by atoms with Crippen molar-refractivity contribution < 1.29 is 0 Å². The standard InChI is InChI=1S/C25H22N6O.ClH/c32-24-13-21(20-3-1-2-4-23(20)29-24)22-15-28-31-16-18(14-27-25(22)31)17-5-7-19(8-6-17)30-11-9-26-10-12-30;/h1-8,13-16,26H,9-12H2,(H,29,32);1H. The smallest absolute Gasteiger partial charge is 0.249 e. The highest BCUT2D eigenvalue weighted by Crippen LogP contribution is 2.30. The van der Waals surface area contributed by atoms with Crippen LogP contribution in [0.5, 0.6) is 0 Å². The highest BCUT2D eigenvalue weighted by atomic mass is 35.5. The van der Waals surface area contributed by atoms with E-state index in [1.807, 2.05) is 36.7 Å². The Morgan fingerprint density at radius 3 is 2.48 bits per heavy atom. The van der Waals surface area contributed by atoms with Crippen molar-refractivity contribution in [1.29, 1.82) is 0 Å². The molecule has 6 rings (SSSR count). The molecule has 1 aliphatic rings. The molecule has 0 aliphatic carbocycles. The van der Waals surface area contributed by atoms with Crippen LogP contribution in [0, 0.1) is 0 Å². The fourth-order valence-electron chi connectivity index (χ4n) is 4.43. The molecule has 0 radical (unpaired) electrons. The van der Waals surface area contributed by atoms with Gasteiger partial charge in [0.15, 0.2) is 5.65 Å². The van der Waals surface area contributed by atoms with E-state index in [4.69, 9.17) is 4.98 Å². The van der Waals surface area contributed by atoms with Crippen molar-refractivity contribution in [2.24, 2.45) is 0 Å². The summed E-state index contributed by atoms with van der Waals surface area (Å²) >= 11 is 0. The van der Waals surface area contributed by atoms with Gasteiger partial charge in [-0.15, -0.1) is 12.4 Å². The molecule has 2 aromatic carbocycles. The van der Waals surface area contributed by atoms with Crippen molar-refractivity contribution in [3.63, 3.8) is 0 Å². The molecule has 33 heavy (non-hydrogen) atoms. The lowest BCUT2D eigenvalue weighted by Gasteiger charge is -2.29. The molecule has 2 N–H and O–H groups in total. The Morgan fingerprint density at radius 1 is 0.879 bits per heavy atom. The third kappa shape index (κ3) is 3.86. The lowest BCUT2D eigenvalue weighted by atomic mass is 10.0. The number of H-pyrrole nitrogens is 1. The molecule has 0 bridgehead atoms. The molecular formula is C25H23ClN6O. The molecule has 4 heterocycles. The van der Waals surface area contributed by atoms with Crippen molar-refractivity contribution in [2.75, 3.05) is 31.1 Å². The van der Waals surface area contributed by atoms with E-state index in [0.29, 0.717) is 0 Å². The molecule has 1 fully saturated rings. The average molecular weight is 459 g/mol. The normalized spacial score (nSPS) is 13.9. The topological polar surface area (TPSA) is 78.3 Å². The summed E-state index contributed by atoms with van der Waals surface area (Å²) in [6, 6.07) is 18.0. The van der Waals surface area contributed by atoms with E-state index >= 15 is 0 Å². The fourth-order valence-corrected chi connectivity index (χ4v) is 4.43. The summed E-state index contributed by atoms with van der Waals surface area (Å²) in [4.78, 5) is 22.2. The number of para-hydroxylation sites is 1. The van der Waals surface area contributed by atoms with Gasteiger partial charge in [-0.2, -0.15) is 5.10 Å². The van der Waals surface area contributed by atoms with E-state index in [1.165, 1.54) is 5.69 Å². The molecule has 1 aliphatic heterocycles. The number of hydrogen-bond donors (Lipinski definition) is 2. The quantitative estimate of drug-likeness (QED) is 0.430. The van der Waals surface area contributed by atoms with Crippen LogP contribution in [0.15, 0.2) is 78.0 Å². The first kappa shape index (κ1) is 21.2. The number of hydrogen-bond acceptors (Lipinski definition) is 5. The maximum Gasteiger partial charge on any atom is 0.249 e. The monoisotopic (exact) mass is 458 g/mol. The molecule has 0 amide bonds. The van der Waals surface area contributed by atoms with E-state index < -0.39 is 0 Å². The highest BCUT2D eigenvalue weighted by Gasteiger charge is 2.14. The van der Waals surface area contributed by atoms with Crippen LogP contribution in [0.4, 0.5) is 5.69 Å². The summed E-state index contributed by atoms with van der Waals surface area (Å²) < 4.78 is 1.78. The second-order valence-electron chi connectivity index (χ2n) is 8.05. The largest absolute Gasteiger partial charge is 0.369 e. The molecule has 166 valence electrons. The number of nitrogens with one attached hydrogen (secondary N) is 2. The van der Waals surface area contributed by atoms with Crippen LogP contribution in [-0.2, 0) is 0 Å². The Labute approximate surface area is 196 Å². The van der Waals surface area contributed by atoms with Gasteiger partial charge in [0.05, 0.1) is 6.20 Å². The Balaban J connectivity index is 0.00000228. The summed E-state index contributed by atoms with van der Waals surface area (Å²) in [5.41, 5.74) is 6.39. The first-order valence-corrected chi connectivity index (χ1v) is 10.8. The Bertz CT molecular complexity index is 1480. The number of pyridine rings is 1. The van der Waals surface area contributed by atoms with E-state index in [1.54, 1.807) is 16.8 Å². The number of halogens is 1. The van der Waals surface area contributed by atoms with Gasteiger partial charge >= 0.3 is 0 Å².